The Balaban J connectivity index is 1.97. The molecule has 0 atom stereocenters. The van der Waals surface area contributed by atoms with E-state index in [-0.39, 0.29) is 22.3 Å². The summed E-state index contributed by atoms with van der Waals surface area (Å²) in [5, 5.41) is 2.62. The van der Waals surface area contributed by atoms with Gasteiger partial charge in [0.25, 0.3) is 5.91 Å². The van der Waals surface area contributed by atoms with E-state index >= 15 is 0 Å². The van der Waals surface area contributed by atoms with Gasteiger partial charge in [0.05, 0.1) is 9.92 Å². The van der Waals surface area contributed by atoms with Gasteiger partial charge in [-0.3, -0.25) is 4.79 Å². The SMILES string of the molecule is CN(C)S(=O)(=O)c1ccc(NC(=O)COc2ccc(F)cc2Cl)cc1. The summed E-state index contributed by atoms with van der Waals surface area (Å²) in [5.41, 5.74) is 0.413. The minimum atomic E-state index is -3.53. The Bertz CT molecular complexity index is 870. The number of hydrogen-bond donors (Lipinski definition) is 1. The third-order valence-corrected chi connectivity index (χ3v) is 5.29. The fraction of sp³-hybridized carbons (Fsp3) is 0.188. The normalized spacial score (nSPS) is 11.4. The van der Waals surface area contributed by atoms with Gasteiger partial charge in [-0.1, -0.05) is 11.6 Å². The molecule has 0 spiro atoms. The van der Waals surface area contributed by atoms with Crippen LogP contribution in [0.15, 0.2) is 47.4 Å². The zero-order valence-electron chi connectivity index (χ0n) is 13.5. The minimum absolute atomic E-state index is 0.0612. The molecule has 0 aliphatic heterocycles. The van der Waals surface area contributed by atoms with Crippen molar-refractivity contribution in [3.63, 3.8) is 0 Å². The second-order valence-corrected chi connectivity index (χ2v) is 7.78. The number of nitrogens with zero attached hydrogens (tertiary/aromatic N) is 1. The lowest BCUT2D eigenvalue weighted by Gasteiger charge is -2.12. The molecule has 2 aromatic rings. The molecule has 134 valence electrons. The summed E-state index contributed by atoms with van der Waals surface area (Å²) in [6, 6.07) is 9.30. The minimum Gasteiger partial charge on any atom is -0.482 e. The first-order chi connectivity index (χ1) is 11.7. The molecule has 2 rings (SSSR count). The zero-order valence-corrected chi connectivity index (χ0v) is 15.1. The van der Waals surface area contributed by atoms with Crippen LogP contribution in [0.1, 0.15) is 0 Å². The first kappa shape index (κ1) is 19.2. The Kier molecular flexibility index (Phi) is 5.99. The number of hydrogen-bond acceptors (Lipinski definition) is 4. The van der Waals surface area contributed by atoms with Crippen molar-refractivity contribution in [2.45, 2.75) is 4.90 Å². The number of rotatable bonds is 6. The summed E-state index contributed by atoms with van der Waals surface area (Å²) < 4.78 is 43.2. The molecular formula is C16H16ClFN2O4S. The molecule has 0 saturated heterocycles. The number of benzene rings is 2. The quantitative estimate of drug-likeness (QED) is 0.828. The maximum Gasteiger partial charge on any atom is 0.262 e. The highest BCUT2D eigenvalue weighted by molar-refractivity contribution is 7.89. The van der Waals surface area contributed by atoms with E-state index in [2.05, 4.69) is 5.32 Å². The van der Waals surface area contributed by atoms with Crippen molar-refractivity contribution < 1.29 is 22.3 Å². The number of ether oxygens (including phenoxy) is 1. The number of nitrogens with one attached hydrogen (secondary N) is 1. The van der Waals surface area contributed by atoms with Gasteiger partial charge >= 0.3 is 0 Å². The highest BCUT2D eigenvalue weighted by Crippen LogP contribution is 2.24. The number of carbonyl (C=O) groups excluding carboxylic acids is 1. The van der Waals surface area contributed by atoms with Crippen molar-refractivity contribution in [3.05, 3.63) is 53.3 Å². The summed E-state index contributed by atoms with van der Waals surface area (Å²) in [6.07, 6.45) is 0. The molecule has 1 N–H and O–H groups in total. The summed E-state index contributed by atoms with van der Waals surface area (Å²) >= 11 is 5.80. The molecule has 0 aliphatic carbocycles. The highest BCUT2D eigenvalue weighted by atomic mass is 35.5. The fourth-order valence-electron chi connectivity index (χ4n) is 1.85. The average Bonchev–Trinajstić information content (AvgIpc) is 2.54. The Hall–Kier alpha value is -2.16. The smallest absolute Gasteiger partial charge is 0.262 e. The molecule has 0 bridgehead atoms. The average molecular weight is 387 g/mol. The van der Waals surface area contributed by atoms with Crippen molar-refractivity contribution in [2.75, 3.05) is 26.0 Å². The third kappa shape index (κ3) is 4.91. The largest absolute Gasteiger partial charge is 0.482 e. The number of carbonyl (C=O) groups is 1. The van der Waals surface area contributed by atoms with E-state index in [0.717, 1.165) is 10.4 Å². The van der Waals surface area contributed by atoms with Gasteiger partial charge in [-0.05, 0) is 42.5 Å². The topological polar surface area (TPSA) is 75.7 Å². The fourth-order valence-corrected chi connectivity index (χ4v) is 2.98. The van der Waals surface area contributed by atoms with Crippen molar-refractivity contribution in [1.82, 2.24) is 4.31 Å². The number of sulfonamides is 1. The summed E-state index contributed by atoms with van der Waals surface area (Å²) in [6.45, 7) is -0.330. The maximum absolute atomic E-state index is 12.9. The van der Waals surface area contributed by atoms with Gasteiger partial charge in [0, 0.05) is 19.8 Å². The van der Waals surface area contributed by atoms with Crippen LogP contribution in [0.2, 0.25) is 5.02 Å². The predicted molar refractivity (Wildman–Crippen MR) is 92.8 cm³/mol. The van der Waals surface area contributed by atoms with Crippen molar-refractivity contribution in [1.29, 1.82) is 0 Å². The van der Waals surface area contributed by atoms with E-state index < -0.39 is 21.7 Å². The molecule has 2 aromatic carbocycles. The molecule has 9 heteroatoms. The zero-order chi connectivity index (χ0) is 18.6. The lowest BCUT2D eigenvalue weighted by molar-refractivity contribution is -0.118. The van der Waals surface area contributed by atoms with Crippen molar-refractivity contribution in [2.24, 2.45) is 0 Å². The van der Waals surface area contributed by atoms with E-state index in [4.69, 9.17) is 16.3 Å². The molecule has 25 heavy (non-hydrogen) atoms. The second kappa shape index (κ2) is 7.81. The van der Waals surface area contributed by atoms with E-state index in [1.165, 1.54) is 50.5 Å². The van der Waals surface area contributed by atoms with Gasteiger partial charge in [0.15, 0.2) is 6.61 Å². The molecule has 1 amide bonds. The molecule has 0 saturated carbocycles. The predicted octanol–water partition coefficient (Wildman–Crippen LogP) is 2.75. The van der Waals surface area contributed by atoms with Crippen LogP contribution in [-0.4, -0.2) is 39.3 Å². The van der Waals surface area contributed by atoms with Crippen molar-refractivity contribution in [3.8, 4) is 5.75 Å². The molecule has 0 heterocycles. The standard InChI is InChI=1S/C16H16ClFN2O4S/c1-20(2)25(22,23)13-6-4-12(5-7-13)19-16(21)10-24-15-8-3-11(18)9-14(15)17/h3-9H,10H2,1-2H3,(H,19,21). The van der Waals surface area contributed by atoms with Gasteiger partial charge in [-0.15, -0.1) is 0 Å². The summed E-state index contributed by atoms with van der Waals surface area (Å²) in [7, 11) is -0.659. The van der Waals surface area contributed by atoms with E-state index in [0.29, 0.717) is 5.69 Å². The van der Waals surface area contributed by atoms with Gasteiger partial charge in [-0.25, -0.2) is 17.1 Å². The third-order valence-electron chi connectivity index (χ3n) is 3.17. The molecule has 0 aromatic heterocycles. The first-order valence-corrected chi connectivity index (χ1v) is 8.92. The van der Waals surface area contributed by atoms with E-state index in [1.807, 2.05) is 0 Å². The van der Waals surface area contributed by atoms with Gasteiger partial charge in [0.1, 0.15) is 11.6 Å². The molecule has 0 radical (unpaired) electrons. The summed E-state index contributed by atoms with van der Waals surface area (Å²) in [5.74, 6) is -0.788. The lowest BCUT2D eigenvalue weighted by Crippen LogP contribution is -2.22. The molecule has 0 unspecified atom stereocenters. The van der Waals surface area contributed by atoms with Crippen LogP contribution in [0.5, 0.6) is 5.75 Å². The molecule has 0 fully saturated rings. The van der Waals surface area contributed by atoms with Crippen LogP contribution >= 0.6 is 11.6 Å². The number of anilines is 1. The van der Waals surface area contributed by atoms with Gasteiger partial charge in [-0.2, -0.15) is 0 Å². The monoisotopic (exact) mass is 386 g/mol. The van der Waals surface area contributed by atoms with Crippen LogP contribution in [0.25, 0.3) is 0 Å². The van der Waals surface area contributed by atoms with Gasteiger partial charge < -0.3 is 10.1 Å². The van der Waals surface area contributed by atoms with Crippen LogP contribution in [0.3, 0.4) is 0 Å². The molecular weight excluding hydrogens is 371 g/mol. The Morgan fingerprint density at radius 3 is 2.40 bits per heavy atom. The molecule has 6 nitrogen and oxygen atoms in total. The Labute approximate surface area is 150 Å². The number of amides is 1. The Morgan fingerprint density at radius 2 is 1.84 bits per heavy atom. The lowest BCUT2D eigenvalue weighted by atomic mass is 10.3. The Morgan fingerprint density at radius 1 is 1.20 bits per heavy atom. The highest BCUT2D eigenvalue weighted by Gasteiger charge is 2.16. The summed E-state index contributed by atoms with van der Waals surface area (Å²) in [4.78, 5) is 12.0. The van der Waals surface area contributed by atoms with Crippen LogP contribution < -0.4 is 10.1 Å². The van der Waals surface area contributed by atoms with E-state index in [9.17, 15) is 17.6 Å². The second-order valence-electron chi connectivity index (χ2n) is 5.22. The molecule has 0 aliphatic rings. The maximum atomic E-state index is 12.9. The van der Waals surface area contributed by atoms with Crippen LogP contribution in [-0.2, 0) is 14.8 Å². The van der Waals surface area contributed by atoms with Gasteiger partial charge in [0.2, 0.25) is 10.0 Å². The first-order valence-electron chi connectivity index (χ1n) is 7.10. The number of halogens is 2. The van der Waals surface area contributed by atoms with Crippen LogP contribution in [0, 0.1) is 5.82 Å². The van der Waals surface area contributed by atoms with Crippen molar-refractivity contribution >= 4 is 33.2 Å². The van der Waals surface area contributed by atoms with E-state index in [1.54, 1.807) is 0 Å². The van der Waals surface area contributed by atoms with Crippen LogP contribution in [0.4, 0.5) is 10.1 Å².